The van der Waals surface area contributed by atoms with Crippen LogP contribution in [-0.2, 0) is 0 Å². The van der Waals surface area contributed by atoms with Crippen LogP contribution in [0.5, 0.6) is 0 Å². The molecule has 2 heteroatoms. The van der Waals surface area contributed by atoms with Crippen molar-refractivity contribution in [3.63, 3.8) is 0 Å². The van der Waals surface area contributed by atoms with Crippen LogP contribution in [0, 0.1) is 29.1 Å². The number of nitrogens with zero attached hydrogens (tertiary/aromatic N) is 1. The highest BCUT2D eigenvalue weighted by Gasteiger charge is 2.15. The van der Waals surface area contributed by atoms with Gasteiger partial charge in [0.1, 0.15) is 0 Å². The summed E-state index contributed by atoms with van der Waals surface area (Å²) in [5.74, 6) is 2.69. The molecular formula is C12H20N2. The third kappa shape index (κ3) is 5.62. The van der Waals surface area contributed by atoms with Crippen LogP contribution in [0.15, 0.2) is 0 Å². The highest BCUT2D eigenvalue weighted by molar-refractivity contribution is 4.98. The molecule has 0 aliphatic carbocycles. The summed E-state index contributed by atoms with van der Waals surface area (Å²) in [7, 11) is 0. The van der Waals surface area contributed by atoms with Crippen molar-refractivity contribution in [3.05, 3.63) is 0 Å². The number of rotatable bonds is 6. The molecule has 0 saturated carbocycles. The molecule has 0 spiro atoms. The van der Waals surface area contributed by atoms with Crippen LogP contribution >= 0.6 is 0 Å². The van der Waals surface area contributed by atoms with Crippen molar-refractivity contribution < 1.29 is 0 Å². The Bertz CT molecular complexity index is 230. The van der Waals surface area contributed by atoms with E-state index in [2.05, 4.69) is 24.2 Å². The third-order valence-corrected chi connectivity index (χ3v) is 2.28. The Hall–Kier alpha value is -0.990. The van der Waals surface area contributed by atoms with Gasteiger partial charge in [0.05, 0.1) is 17.5 Å². The van der Waals surface area contributed by atoms with Gasteiger partial charge in [-0.25, -0.2) is 0 Å². The second-order valence-electron chi connectivity index (χ2n) is 4.18. The first-order chi connectivity index (χ1) is 6.55. The van der Waals surface area contributed by atoms with E-state index in [9.17, 15) is 0 Å². The average Bonchev–Trinajstić information content (AvgIpc) is 2.18. The van der Waals surface area contributed by atoms with Gasteiger partial charge >= 0.3 is 0 Å². The minimum absolute atomic E-state index is 0.181. The summed E-state index contributed by atoms with van der Waals surface area (Å²) in [6.07, 6.45) is 8.18. The molecule has 78 valence electrons. The van der Waals surface area contributed by atoms with Crippen molar-refractivity contribution in [1.29, 1.82) is 5.26 Å². The fraction of sp³-hybridized carbons (Fsp3) is 0.750. The van der Waals surface area contributed by atoms with Gasteiger partial charge in [-0.2, -0.15) is 5.26 Å². The van der Waals surface area contributed by atoms with Gasteiger partial charge < -0.3 is 5.32 Å². The molecule has 1 atom stereocenters. The van der Waals surface area contributed by atoms with Crippen molar-refractivity contribution in [1.82, 2.24) is 5.32 Å². The molecule has 1 unspecified atom stereocenters. The zero-order chi connectivity index (χ0) is 11.0. The van der Waals surface area contributed by atoms with Crippen molar-refractivity contribution in [3.8, 4) is 18.4 Å². The van der Waals surface area contributed by atoms with Gasteiger partial charge in [0.15, 0.2) is 0 Å². The number of hydrogen-bond acceptors (Lipinski definition) is 2. The molecular weight excluding hydrogens is 172 g/mol. The Kier molecular flexibility index (Phi) is 6.00. The minimum Gasteiger partial charge on any atom is -0.304 e. The Labute approximate surface area is 87.7 Å². The van der Waals surface area contributed by atoms with Crippen LogP contribution in [0.25, 0.3) is 0 Å². The van der Waals surface area contributed by atoms with Crippen molar-refractivity contribution in [2.24, 2.45) is 5.41 Å². The molecule has 0 aromatic carbocycles. The average molecular weight is 192 g/mol. The number of hydrogen-bond donors (Lipinski definition) is 1. The molecule has 0 saturated heterocycles. The summed E-state index contributed by atoms with van der Waals surface area (Å²) >= 11 is 0. The summed E-state index contributed by atoms with van der Waals surface area (Å²) in [6, 6.07) is 2.47. The third-order valence-electron chi connectivity index (χ3n) is 2.28. The Morgan fingerprint density at radius 2 is 2.14 bits per heavy atom. The van der Waals surface area contributed by atoms with E-state index in [0.717, 1.165) is 25.8 Å². The highest BCUT2D eigenvalue weighted by Crippen LogP contribution is 2.19. The minimum atomic E-state index is -0.209. The van der Waals surface area contributed by atoms with Crippen molar-refractivity contribution in [2.45, 2.75) is 46.1 Å². The summed E-state index contributed by atoms with van der Waals surface area (Å²) < 4.78 is 0. The molecule has 0 amide bonds. The van der Waals surface area contributed by atoms with Crippen molar-refractivity contribution in [2.75, 3.05) is 6.54 Å². The van der Waals surface area contributed by atoms with E-state index in [-0.39, 0.29) is 11.5 Å². The van der Waals surface area contributed by atoms with Crippen LogP contribution in [-0.4, -0.2) is 12.6 Å². The lowest BCUT2D eigenvalue weighted by Crippen LogP contribution is -2.28. The molecule has 0 rings (SSSR count). The molecule has 0 aliphatic rings. The standard InChI is InChI=1S/C12H20N2/c1-5-11(6-2)14-9-7-8-12(3,4)10-13/h1,11,14H,6-9H2,2-4H3. The molecule has 2 nitrogen and oxygen atoms in total. The Morgan fingerprint density at radius 3 is 2.57 bits per heavy atom. The lowest BCUT2D eigenvalue weighted by molar-refractivity contribution is 0.420. The molecule has 14 heavy (non-hydrogen) atoms. The van der Waals surface area contributed by atoms with Gasteiger partial charge in [-0.3, -0.25) is 0 Å². The van der Waals surface area contributed by atoms with Crippen LogP contribution < -0.4 is 5.32 Å². The molecule has 0 bridgehead atoms. The van der Waals surface area contributed by atoms with Gasteiger partial charge in [0.25, 0.3) is 0 Å². The second-order valence-corrected chi connectivity index (χ2v) is 4.18. The lowest BCUT2D eigenvalue weighted by atomic mass is 9.90. The maximum absolute atomic E-state index is 8.79. The summed E-state index contributed by atoms with van der Waals surface area (Å²) in [5.41, 5.74) is -0.209. The zero-order valence-corrected chi connectivity index (χ0v) is 9.43. The summed E-state index contributed by atoms with van der Waals surface area (Å²) in [4.78, 5) is 0. The fourth-order valence-electron chi connectivity index (χ4n) is 1.18. The van der Waals surface area contributed by atoms with Crippen LogP contribution in [0.2, 0.25) is 0 Å². The number of nitrogens with one attached hydrogen (secondary N) is 1. The number of nitriles is 1. The summed E-state index contributed by atoms with van der Waals surface area (Å²) in [6.45, 7) is 6.89. The SMILES string of the molecule is C#CC(CC)NCCCC(C)(C)C#N. The zero-order valence-electron chi connectivity index (χ0n) is 9.43. The van der Waals surface area contributed by atoms with Gasteiger partial charge in [0.2, 0.25) is 0 Å². The highest BCUT2D eigenvalue weighted by atomic mass is 14.9. The van der Waals surface area contributed by atoms with E-state index >= 15 is 0 Å². The molecule has 0 aromatic heterocycles. The fourth-order valence-corrected chi connectivity index (χ4v) is 1.18. The second kappa shape index (κ2) is 6.46. The largest absolute Gasteiger partial charge is 0.304 e. The topological polar surface area (TPSA) is 35.8 Å². The first-order valence-corrected chi connectivity index (χ1v) is 5.16. The molecule has 0 heterocycles. The predicted octanol–water partition coefficient (Wildman–Crippen LogP) is 2.32. The monoisotopic (exact) mass is 192 g/mol. The maximum Gasteiger partial charge on any atom is 0.0684 e. The lowest BCUT2D eigenvalue weighted by Gasteiger charge is -2.16. The van der Waals surface area contributed by atoms with Crippen LogP contribution in [0.1, 0.15) is 40.0 Å². The Balaban J connectivity index is 3.58. The maximum atomic E-state index is 8.79. The van der Waals surface area contributed by atoms with Crippen molar-refractivity contribution >= 4 is 0 Å². The quantitative estimate of drug-likeness (QED) is 0.518. The first kappa shape index (κ1) is 13.0. The van der Waals surface area contributed by atoms with Gasteiger partial charge in [-0.05, 0) is 39.7 Å². The van der Waals surface area contributed by atoms with E-state index in [1.807, 2.05) is 13.8 Å². The van der Waals surface area contributed by atoms with E-state index < -0.39 is 0 Å². The molecule has 0 fully saturated rings. The van der Waals surface area contributed by atoms with Gasteiger partial charge in [-0.1, -0.05) is 12.8 Å². The van der Waals surface area contributed by atoms with E-state index in [4.69, 9.17) is 11.7 Å². The van der Waals surface area contributed by atoms with Crippen LogP contribution in [0.3, 0.4) is 0 Å². The van der Waals surface area contributed by atoms with Crippen LogP contribution in [0.4, 0.5) is 0 Å². The van der Waals surface area contributed by atoms with Gasteiger partial charge in [-0.15, -0.1) is 6.42 Å². The van der Waals surface area contributed by atoms with E-state index in [1.165, 1.54) is 0 Å². The normalized spacial score (nSPS) is 12.9. The molecule has 0 radical (unpaired) electrons. The molecule has 0 aliphatic heterocycles. The number of terminal acetylenes is 1. The molecule has 0 aromatic rings. The smallest absolute Gasteiger partial charge is 0.0684 e. The van der Waals surface area contributed by atoms with Gasteiger partial charge in [0, 0.05) is 0 Å². The predicted molar refractivity (Wildman–Crippen MR) is 59.5 cm³/mol. The first-order valence-electron chi connectivity index (χ1n) is 5.16. The molecule has 1 N–H and O–H groups in total. The Morgan fingerprint density at radius 1 is 1.50 bits per heavy atom. The van der Waals surface area contributed by atoms with E-state index in [0.29, 0.717) is 0 Å². The van der Waals surface area contributed by atoms with E-state index in [1.54, 1.807) is 0 Å². The summed E-state index contributed by atoms with van der Waals surface area (Å²) in [5, 5.41) is 12.1.